The Morgan fingerprint density at radius 1 is 0.920 bits per heavy atom. The molecular weight excluding hydrogens is 312 g/mol. The van der Waals surface area contributed by atoms with Gasteiger partial charge in [0.25, 0.3) is 5.78 Å². The second-order valence-electron chi connectivity index (χ2n) is 6.88. The Morgan fingerprint density at radius 3 is 2.40 bits per heavy atom. The van der Waals surface area contributed by atoms with E-state index >= 15 is 0 Å². The van der Waals surface area contributed by atoms with Gasteiger partial charge in [-0.2, -0.15) is 14.6 Å². The van der Waals surface area contributed by atoms with E-state index in [4.69, 9.17) is 0 Å². The number of fused-ring (bicyclic) bond motifs is 1. The molecule has 2 aromatic heterocycles. The van der Waals surface area contributed by atoms with E-state index < -0.39 is 0 Å². The molecule has 0 aliphatic carbocycles. The van der Waals surface area contributed by atoms with Crippen molar-refractivity contribution in [2.45, 2.75) is 27.7 Å². The molecule has 0 spiro atoms. The van der Waals surface area contributed by atoms with Crippen LogP contribution in [0.3, 0.4) is 0 Å². The Morgan fingerprint density at radius 2 is 1.64 bits per heavy atom. The van der Waals surface area contributed by atoms with Crippen LogP contribution in [0.25, 0.3) is 5.78 Å². The minimum Gasteiger partial charge on any atom is -0.368 e. The van der Waals surface area contributed by atoms with Crippen LogP contribution in [0.15, 0.2) is 24.5 Å². The molecule has 0 amide bonds. The van der Waals surface area contributed by atoms with E-state index in [1.165, 1.54) is 22.4 Å². The van der Waals surface area contributed by atoms with Crippen LogP contribution in [0.1, 0.15) is 22.4 Å². The second kappa shape index (κ2) is 6.02. The smallest absolute Gasteiger partial charge is 0.254 e. The fourth-order valence-corrected chi connectivity index (χ4v) is 3.61. The summed E-state index contributed by atoms with van der Waals surface area (Å²) in [5.41, 5.74) is 6.21. The van der Waals surface area contributed by atoms with Crippen molar-refractivity contribution in [2.24, 2.45) is 0 Å². The Hall–Kier alpha value is -2.63. The first-order valence-corrected chi connectivity index (χ1v) is 8.78. The van der Waals surface area contributed by atoms with Crippen molar-refractivity contribution >= 4 is 17.3 Å². The molecule has 1 aliphatic heterocycles. The number of hydrogen-bond donors (Lipinski definition) is 0. The first kappa shape index (κ1) is 15.9. The summed E-state index contributed by atoms with van der Waals surface area (Å²) in [6, 6.07) is 6.69. The fourth-order valence-electron chi connectivity index (χ4n) is 3.61. The number of nitrogens with zero attached hydrogens (tertiary/aromatic N) is 6. The number of benzene rings is 1. The molecule has 0 radical (unpaired) electrons. The lowest BCUT2D eigenvalue weighted by atomic mass is 10.1. The van der Waals surface area contributed by atoms with Gasteiger partial charge in [0.05, 0.1) is 0 Å². The van der Waals surface area contributed by atoms with E-state index in [1.54, 1.807) is 6.33 Å². The van der Waals surface area contributed by atoms with Gasteiger partial charge in [0.1, 0.15) is 12.1 Å². The summed E-state index contributed by atoms with van der Waals surface area (Å²) in [6.45, 7) is 12.4. The third kappa shape index (κ3) is 2.71. The highest BCUT2D eigenvalue weighted by Crippen LogP contribution is 2.27. The highest BCUT2D eigenvalue weighted by Gasteiger charge is 2.23. The zero-order valence-electron chi connectivity index (χ0n) is 15.3. The summed E-state index contributed by atoms with van der Waals surface area (Å²) in [4.78, 5) is 13.7. The lowest BCUT2D eigenvalue weighted by molar-refractivity contribution is 0.635. The Labute approximate surface area is 148 Å². The molecule has 1 aliphatic rings. The minimum atomic E-state index is 0.676. The average molecular weight is 336 g/mol. The van der Waals surface area contributed by atoms with Crippen LogP contribution in [0.5, 0.6) is 0 Å². The van der Waals surface area contributed by atoms with Crippen molar-refractivity contribution in [3.63, 3.8) is 0 Å². The molecule has 0 unspecified atom stereocenters. The van der Waals surface area contributed by atoms with Crippen molar-refractivity contribution in [3.8, 4) is 0 Å². The SMILES string of the molecule is Cc1ccc(C)c(N2CCN(c3c(C)c(C)nc4ncnn34)CC2)c1. The van der Waals surface area contributed by atoms with Gasteiger partial charge in [-0.05, 0) is 44.9 Å². The summed E-state index contributed by atoms with van der Waals surface area (Å²) >= 11 is 0. The van der Waals surface area contributed by atoms with E-state index in [2.05, 4.69) is 63.8 Å². The van der Waals surface area contributed by atoms with Gasteiger partial charge in [-0.15, -0.1) is 0 Å². The lowest BCUT2D eigenvalue weighted by Gasteiger charge is -2.38. The molecule has 4 rings (SSSR count). The Bertz CT molecular complexity index is 921. The maximum atomic E-state index is 4.53. The van der Waals surface area contributed by atoms with Gasteiger partial charge in [-0.3, -0.25) is 0 Å². The average Bonchev–Trinajstić information content (AvgIpc) is 3.06. The summed E-state index contributed by atoms with van der Waals surface area (Å²) in [7, 11) is 0. The predicted molar refractivity (Wildman–Crippen MR) is 101 cm³/mol. The molecule has 0 atom stereocenters. The summed E-state index contributed by atoms with van der Waals surface area (Å²) in [5.74, 6) is 1.80. The van der Waals surface area contributed by atoms with Gasteiger partial charge >= 0.3 is 0 Å². The van der Waals surface area contributed by atoms with Crippen LogP contribution in [0, 0.1) is 27.7 Å². The highest BCUT2D eigenvalue weighted by atomic mass is 15.4. The van der Waals surface area contributed by atoms with Crippen LogP contribution in [-0.2, 0) is 0 Å². The van der Waals surface area contributed by atoms with Gasteiger partial charge < -0.3 is 9.80 Å². The number of aryl methyl sites for hydroxylation is 3. The number of anilines is 2. The van der Waals surface area contributed by atoms with Gasteiger partial charge in [-0.25, -0.2) is 4.98 Å². The largest absolute Gasteiger partial charge is 0.368 e. The molecule has 1 fully saturated rings. The number of hydrogen-bond acceptors (Lipinski definition) is 5. The second-order valence-corrected chi connectivity index (χ2v) is 6.88. The number of aromatic nitrogens is 4. The van der Waals surface area contributed by atoms with E-state index in [0.717, 1.165) is 37.7 Å². The molecular formula is C19H24N6. The molecule has 6 heteroatoms. The minimum absolute atomic E-state index is 0.676. The van der Waals surface area contributed by atoms with E-state index in [-0.39, 0.29) is 0 Å². The number of piperazine rings is 1. The summed E-state index contributed by atoms with van der Waals surface area (Å²) in [5, 5.41) is 4.39. The molecule has 25 heavy (non-hydrogen) atoms. The van der Waals surface area contributed by atoms with Crippen molar-refractivity contribution in [1.29, 1.82) is 0 Å². The van der Waals surface area contributed by atoms with E-state index in [1.807, 2.05) is 11.4 Å². The monoisotopic (exact) mass is 336 g/mol. The maximum absolute atomic E-state index is 4.53. The van der Waals surface area contributed by atoms with Crippen LogP contribution < -0.4 is 9.80 Å². The van der Waals surface area contributed by atoms with Crippen molar-refractivity contribution in [3.05, 3.63) is 46.9 Å². The summed E-state index contributed by atoms with van der Waals surface area (Å²) in [6.07, 6.45) is 1.58. The van der Waals surface area contributed by atoms with Crippen LogP contribution in [0.2, 0.25) is 0 Å². The van der Waals surface area contributed by atoms with Gasteiger partial charge in [0.15, 0.2) is 0 Å². The normalized spacial score (nSPS) is 15.2. The molecule has 0 saturated carbocycles. The molecule has 0 bridgehead atoms. The van der Waals surface area contributed by atoms with Crippen LogP contribution >= 0.6 is 0 Å². The molecule has 3 aromatic rings. The van der Waals surface area contributed by atoms with Crippen molar-refractivity contribution in [2.75, 3.05) is 36.0 Å². The summed E-state index contributed by atoms with van der Waals surface area (Å²) < 4.78 is 1.87. The third-order valence-corrected chi connectivity index (χ3v) is 5.16. The highest BCUT2D eigenvalue weighted by molar-refractivity contribution is 5.58. The van der Waals surface area contributed by atoms with Crippen LogP contribution in [-0.4, -0.2) is 45.8 Å². The van der Waals surface area contributed by atoms with Crippen LogP contribution in [0.4, 0.5) is 11.5 Å². The predicted octanol–water partition coefficient (Wildman–Crippen LogP) is 2.68. The molecule has 6 nitrogen and oxygen atoms in total. The van der Waals surface area contributed by atoms with Gasteiger partial charge in [0.2, 0.25) is 0 Å². The fraction of sp³-hybridized carbons (Fsp3) is 0.421. The number of rotatable bonds is 2. The van der Waals surface area contributed by atoms with E-state index in [0.29, 0.717) is 5.78 Å². The molecule has 0 N–H and O–H groups in total. The molecule has 3 heterocycles. The Balaban J connectivity index is 1.62. The zero-order chi connectivity index (χ0) is 17.6. The third-order valence-electron chi connectivity index (χ3n) is 5.16. The topological polar surface area (TPSA) is 49.6 Å². The van der Waals surface area contributed by atoms with Crippen molar-refractivity contribution in [1.82, 2.24) is 19.6 Å². The Kier molecular flexibility index (Phi) is 3.82. The first-order valence-electron chi connectivity index (χ1n) is 8.78. The van der Waals surface area contributed by atoms with E-state index in [9.17, 15) is 0 Å². The quantitative estimate of drug-likeness (QED) is 0.720. The lowest BCUT2D eigenvalue weighted by Crippen LogP contribution is -2.47. The molecule has 1 saturated heterocycles. The van der Waals surface area contributed by atoms with Crippen molar-refractivity contribution < 1.29 is 0 Å². The zero-order valence-corrected chi connectivity index (χ0v) is 15.3. The molecule has 1 aromatic carbocycles. The standard InChI is InChI=1S/C19H24N6/c1-13-5-6-14(2)17(11-13)23-7-9-24(10-8-23)18-15(3)16(4)22-19-20-12-21-25(18)19/h5-6,11-12H,7-10H2,1-4H3. The molecule has 130 valence electrons. The van der Waals surface area contributed by atoms with Gasteiger partial charge in [0, 0.05) is 43.1 Å². The first-order chi connectivity index (χ1) is 12.0. The maximum Gasteiger partial charge on any atom is 0.254 e. The van der Waals surface area contributed by atoms with Gasteiger partial charge in [-0.1, -0.05) is 12.1 Å².